The highest BCUT2D eigenvalue weighted by molar-refractivity contribution is 5.69. The predicted molar refractivity (Wildman–Crippen MR) is 68.8 cm³/mol. The summed E-state index contributed by atoms with van der Waals surface area (Å²) in [5.74, 6) is -0.966. The molecule has 0 bridgehead atoms. The Morgan fingerprint density at radius 2 is 1.76 bits per heavy atom. The Labute approximate surface area is 115 Å². The minimum absolute atomic E-state index is 0.0612. The third-order valence-electron chi connectivity index (χ3n) is 2.89. The largest absolute Gasteiger partial charge is 0.449 e. The van der Waals surface area contributed by atoms with Crippen LogP contribution in [0.4, 0.5) is 13.2 Å². The molecule has 0 saturated carbocycles. The van der Waals surface area contributed by atoms with Gasteiger partial charge in [0.25, 0.3) is 5.56 Å². The number of nitrogens with one attached hydrogen (secondary N) is 2. The van der Waals surface area contributed by atoms with E-state index in [2.05, 4.69) is 15.0 Å². The second-order valence-corrected chi connectivity index (χ2v) is 4.46. The highest BCUT2D eigenvalue weighted by atomic mass is 19.4. The molecule has 1 aromatic carbocycles. The summed E-state index contributed by atoms with van der Waals surface area (Å²) in [4.78, 5) is 23.4. The molecule has 8 heteroatoms. The fourth-order valence-electron chi connectivity index (χ4n) is 1.96. The molecule has 0 atom stereocenters. The number of imidazole rings is 1. The Hall–Kier alpha value is -2.64. The minimum atomic E-state index is -4.72. The number of aromatic nitrogens is 4. The molecule has 0 radical (unpaired) electrons. The van der Waals surface area contributed by atoms with Crippen molar-refractivity contribution in [2.24, 2.45) is 0 Å². The van der Waals surface area contributed by atoms with Crippen LogP contribution in [0.15, 0.2) is 35.1 Å². The molecule has 21 heavy (non-hydrogen) atoms. The van der Waals surface area contributed by atoms with Crippen molar-refractivity contribution in [1.82, 2.24) is 19.9 Å². The molecule has 0 spiro atoms. The first-order valence-corrected chi connectivity index (χ1v) is 6.03. The maximum Gasteiger partial charge on any atom is 0.449 e. The van der Waals surface area contributed by atoms with Crippen molar-refractivity contribution in [3.05, 3.63) is 57.9 Å². The topological polar surface area (TPSA) is 74.4 Å². The Balaban J connectivity index is 2.04. The first-order valence-electron chi connectivity index (χ1n) is 6.03. The molecule has 0 amide bonds. The number of nitrogens with zero attached hydrogens (tertiary/aromatic N) is 2. The van der Waals surface area contributed by atoms with Crippen LogP contribution in [0.25, 0.3) is 11.2 Å². The molecule has 0 saturated heterocycles. The monoisotopic (exact) mass is 294 g/mol. The second kappa shape index (κ2) is 4.72. The number of hydrogen-bond donors (Lipinski definition) is 2. The highest BCUT2D eigenvalue weighted by Crippen LogP contribution is 2.25. The highest BCUT2D eigenvalue weighted by Gasteiger charge is 2.34. The molecule has 0 aliphatic rings. The van der Waals surface area contributed by atoms with Gasteiger partial charge in [-0.3, -0.25) is 4.79 Å². The van der Waals surface area contributed by atoms with E-state index in [0.717, 1.165) is 5.56 Å². The number of hydrogen-bond acceptors (Lipinski definition) is 3. The Morgan fingerprint density at radius 1 is 1.05 bits per heavy atom. The van der Waals surface area contributed by atoms with Gasteiger partial charge in [0.1, 0.15) is 5.82 Å². The lowest BCUT2D eigenvalue weighted by Gasteiger charge is -2.03. The number of rotatable bonds is 2. The van der Waals surface area contributed by atoms with Crippen molar-refractivity contribution >= 4 is 11.2 Å². The third-order valence-corrected chi connectivity index (χ3v) is 2.89. The van der Waals surface area contributed by atoms with Gasteiger partial charge in [-0.05, 0) is 5.56 Å². The molecule has 108 valence electrons. The van der Waals surface area contributed by atoms with Gasteiger partial charge in [-0.15, -0.1) is 0 Å². The van der Waals surface area contributed by atoms with Crippen LogP contribution in [-0.4, -0.2) is 19.9 Å². The van der Waals surface area contributed by atoms with E-state index in [-0.39, 0.29) is 11.2 Å². The first kappa shape index (κ1) is 13.3. The zero-order chi connectivity index (χ0) is 15.0. The van der Waals surface area contributed by atoms with Gasteiger partial charge in [-0.1, -0.05) is 30.3 Å². The molecule has 2 aromatic heterocycles. The summed E-state index contributed by atoms with van der Waals surface area (Å²) >= 11 is 0. The Kier molecular flexibility index (Phi) is 3.00. The lowest BCUT2D eigenvalue weighted by atomic mass is 10.1. The Morgan fingerprint density at radius 3 is 2.43 bits per heavy atom. The fraction of sp³-hybridized carbons (Fsp3) is 0.154. The lowest BCUT2D eigenvalue weighted by Crippen LogP contribution is -2.19. The summed E-state index contributed by atoms with van der Waals surface area (Å²) < 4.78 is 37.7. The SMILES string of the molecule is O=c1[nH]c(C(F)(F)F)nc2nc(Cc3ccccc3)[nH]c12. The summed E-state index contributed by atoms with van der Waals surface area (Å²) in [5, 5.41) is 0. The molecular formula is C13H9F3N4O. The van der Waals surface area contributed by atoms with Gasteiger partial charge in [0.2, 0.25) is 5.82 Å². The molecule has 0 aliphatic carbocycles. The molecule has 3 aromatic rings. The maximum atomic E-state index is 12.6. The Bertz CT molecular complexity index is 836. The molecule has 0 fully saturated rings. The molecule has 0 unspecified atom stereocenters. The van der Waals surface area contributed by atoms with E-state index >= 15 is 0 Å². The van der Waals surface area contributed by atoms with E-state index in [9.17, 15) is 18.0 Å². The summed E-state index contributed by atoms with van der Waals surface area (Å²) in [5.41, 5.74) is -0.269. The number of alkyl halides is 3. The van der Waals surface area contributed by atoms with Crippen molar-refractivity contribution in [2.75, 3.05) is 0 Å². The molecule has 2 heterocycles. The van der Waals surface area contributed by atoms with Crippen molar-refractivity contribution < 1.29 is 13.2 Å². The van der Waals surface area contributed by atoms with Crippen LogP contribution in [0.3, 0.4) is 0 Å². The smallest absolute Gasteiger partial charge is 0.336 e. The zero-order valence-corrected chi connectivity index (χ0v) is 10.5. The number of benzene rings is 1. The van der Waals surface area contributed by atoms with Crippen molar-refractivity contribution in [3.8, 4) is 0 Å². The van der Waals surface area contributed by atoms with Gasteiger partial charge in [0, 0.05) is 6.42 Å². The second-order valence-electron chi connectivity index (χ2n) is 4.46. The minimum Gasteiger partial charge on any atom is -0.336 e. The van der Waals surface area contributed by atoms with Gasteiger partial charge in [0.05, 0.1) is 0 Å². The van der Waals surface area contributed by atoms with Crippen LogP contribution >= 0.6 is 0 Å². The van der Waals surface area contributed by atoms with E-state index in [0.29, 0.717) is 12.2 Å². The van der Waals surface area contributed by atoms with Gasteiger partial charge >= 0.3 is 6.18 Å². The van der Waals surface area contributed by atoms with E-state index in [1.165, 1.54) is 0 Å². The van der Waals surface area contributed by atoms with Crippen molar-refractivity contribution in [3.63, 3.8) is 0 Å². The van der Waals surface area contributed by atoms with E-state index in [1.54, 1.807) is 4.98 Å². The molecule has 0 aliphatic heterocycles. The summed E-state index contributed by atoms with van der Waals surface area (Å²) in [6, 6.07) is 9.23. The average molecular weight is 294 g/mol. The standard InChI is InChI=1S/C13H9F3N4O/c14-13(15,16)12-19-10-9(11(21)20-12)17-8(18-10)6-7-4-2-1-3-5-7/h1-5H,6H2,(H2,17,18,19,20,21). The van der Waals surface area contributed by atoms with Crippen LogP contribution < -0.4 is 5.56 Å². The van der Waals surface area contributed by atoms with Crippen LogP contribution in [-0.2, 0) is 12.6 Å². The van der Waals surface area contributed by atoms with Crippen LogP contribution in [0.5, 0.6) is 0 Å². The van der Waals surface area contributed by atoms with E-state index < -0.39 is 17.6 Å². The van der Waals surface area contributed by atoms with Gasteiger partial charge < -0.3 is 9.97 Å². The predicted octanol–water partition coefficient (Wildman–Crippen LogP) is 2.26. The third kappa shape index (κ3) is 2.64. The number of aromatic amines is 2. The number of H-pyrrole nitrogens is 2. The average Bonchev–Trinajstić information content (AvgIpc) is 2.82. The lowest BCUT2D eigenvalue weighted by molar-refractivity contribution is -0.144. The fourth-order valence-corrected chi connectivity index (χ4v) is 1.96. The molecule has 2 N–H and O–H groups in total. The number of fused-ring (bicyclic) bond motifs is 1. The van der Waals surface area contributed by atoms with Crippen molar-refractivity contribution in [1.29, 1.82) is 0 Å². The van der Waals surface area contributed by atoms with Gasteiger partial charge in [-0.25, -0.2) is 9.97 Å². The molecular weight excluding hydrogens is 285 g/mol. The normalized spacial score (nSPS) is 12.0. The summed E-state index contributed by atoms with van der Waals surface area (Å²) in [6.45, 7) is 0. The molecule has 5 nitrogen and oxygen atoms in total. The van der Waals surface area contributed by atoms with Crippen LogP contribution in [0.1, 0.15) is 17.2 Å². The first-order chi connectivity index (χ1) is 9.93. The summed E-state index contributed by atoms with van der Waals surface area (Å²) in [6.07, 6.45) is -4.34. The number of halogens is 3. The van der Waals surface area contributed by atoms with Crippen molar-refractivity contribution in [2.45, 2.75) is 12.6 Å². The van der Waals surface area contributed by atoms with Crippen LogP contribution in [0.2, 0.25) is 0 Å². The van der Waals surface area contributed by atoms with E-state index in [4.69, 9.17) is 0 Å². The quantitative estimate of drug-likeness (QED) is 0.761. The molecule has 3 rings (SSSR count). The van der Waals surface area contributed by atoms with Crippen LogP contribution in [0, 0.1) is 0 Å². The van der Waals surface area contributed by atoms with Gasteiger partial charge in [-0.2, -0.15) is 13.2 Å². The van der Waals surface area contributed by atoms with E-state index in [1.807, 2.05) is 30.3 Å². The summed E-state index contributed by atoms with van der Waals surface area (Å²) in [7, 11) is 0. The van der Waals surface area contributed by atoms with Gasteiger partial charge in [0.15, 0.2) is 11.2 Å². The zero-order valence-electron chi connectivity index (χ0n) is 10.5. The maximum absolute atomic E-state index is 12.6.